The van der Waals surface area contributed by atoms with E-state index >= 15 is 0 Å². The minimum absolute atomic E-state index is 0.139. The van der Waals surface area contributed by atoms with Gasteiger partial charge in [0.2, 0.25) is 0 Å². The molecule has 2 nitrogen and oxygen atoms in total. The van der Waals surface area contributed by atoms with Crippen LogP contribution in [-0.2, 0) is 12.7 Å². The molecule has 1 aromatic heterocycles. The Labute approximate surface area is 104 Å². The Kier molecular flexibility index (Phi) is 3.90. The van der Waals surface area contributed by atoms with E-state index in [4.69, 9.17) is 5.73 Å². The van der Waals surface area contributed by atoms with E-state index in [2.05, 4.69) is 4.98 Å². The molecule has 5 heteroatoms. The number of nitrogens with two attached hydrogens (primary N) is 1. The summed E-state index contributed by atoms with van der Waals surface area (Å²) in [7, 11) is 0. The normalized spacial score (nSPS) is 18.0. The first-order chi connectivity index (χ1) is 8.52. The lowest BCUT2D eigenvalue weighted by Crippen LogP contribution is -2.16. The summed E-state index contributed by atoms with van der Waals surface area (Å²) in [6.45, 7) is 0.247. The Balaban J connectivity index is 2.35. The van der Waals surface area contributed by atoms with Gasteiger partial charge in [0.05, 0.1) is 0 Å². The molecule has 2 rings (SSSR count). The number of hydrogen-bond acceptors (Lipinski definition) is 2. The second kappa shape index (κ2) is 5.26. The highest BCUT2D eigenvalue weighted by Gasteiger charge is 2.33. The minimum atomic E-state index is -4.38. The summed E-state index contributed by atoms with van der Waals surface area (Å²) in [6, 6.07) is 2.49. The van der Waals surface area contributed by atoms with Crippen molar-refractivity contribution in [2.45, 2.75) is 50.7 Å². The largest absolute Gasteiger partial charge is 0.433 e. The van der Waals surface area contributed by atoms with Crippen molar-refractivity contribution in [1.82, 2.24) is 4.98 Å². The molecular weight excluding hydrogens is 241 g/mol. The number of nitrogens with zero attached hydrogens (tertiary/aromatic N) is 1. The van der Waals surface area contributed by atoms with Crippen LogP contribution in [0.25, 0.3) is 0 Å². The Hall–Kier alpha value is -1.10. The molecule has 100 valence electrons. The third-order valence-corrected chi connectivity index (χ3v) is 3.51. The van der Waals surface area contributed by atoms with Gasteiger partial charge < -0.3 is 5.73 Å². The molecule has 0 spiro atoms. The second-order valence-electron chi connectivity index (χ2n) is 4.78. The predicted octanol–water partition coefficient (Wildman–Crippen LogP) is 3.61. The zero-order valence-corrected chi connectivity index (χ0v) is 10.1. The van der Waals surface area contributed by atoms with Gasteiger partial charge in [-0.1, -0.05) is 25.3 Å². The smallest absolute Gasteiger partial charge is 0.326 e. The van der Waals surface area contributed by atoms with Gasteiger partial charge in [-0.2, -0.15) is 13.2 Å². The molecule has 0 unspecified atom stereocenters. The van der Waals surface area contributed by atoms with Crippen molar-refractivity contribution < 1.29 is 13.2 Å². The number of pyridine rings is 1. The summed E-state index contributed by atoms with van der Waals surface area (Å²) in [4.78, 5) is 3.83. The first-order valence-electron chi connectivity index (χ1n) is 6.29. The zero-order valence-electron chi connectivity index (χ0n) is 10.1. The van der Waals surface area contributed by atoms with Crippen LogP contribution in [0.15, 0.2) is 12.1 Å². The van der Waals surface area contributed by atoms with Crippen LogP contribution in [0.2, 0.25) is 0 Å². The van der Waals surface area contributed by atoms with E-state index in [9.17, 15) is 13.2 Å². The lowest BCUT2D eigenvalue weighted by Gasteiger charge is -2.24. The highest BCUT2D eigenvalue weighted by atomic mass is 19.4. The van der Waals surface area contributed by atoms with Crippen LogP contribution in [0.1, 0.15) is 55.0 Å². The molecule has 2 N–H and O–H groups in total. The van der Waals surface area contributed by atoms with Crippen molar-refractivity contribution in [3.63, 3.8) is 0 Å². The van der Waals surface area contributed by atoms with Gasteiger partial charge >= 0.3 is 6.18 Å². The van der Waals surface area contributed by atoms with Gasteiger partial charge in [-0.15, -0.1) is 0 Å². The molecule has 1 fully saturated rings. The fourth-order valence-corrected chi connectivity index (χ4v) is 2.56. The Bertz CT molecular complexity index is 409. The van der Waals surface area contributed by atoms with Crippen LogP contribution in [-0.4, -0.2) is 4.98 Å². The molecule has 1 aromatic rings. The van der Waals surface area contributed by atoms with Crippen LogP contribution in [0.3, 0.4) is 0 Å². The predicted molar refractivity (Wildman–Crippen MR) is 63.0 cm³/mol. The van der Waals surface area contributed by atoms with Gasteiger partial charge in [-0.3, -0.25) is 0 Å². The van der Waals surface area contributed by atoms with E-state index < -0.39 is 11.9 Å². The van der Waals surface area contributed by atoms with Crippen molar-refractivity contribution in [1.29, 1.82) is 0 Å². The maximum absolute atomic E-state index is 12.7. The lowest BCUT2D eigenvalue weighted by atomic mass is 9.85. The SMILES string of the molecule is NCc1ccc(C(F)(F)F)nc1C1CCCCC1. The molecule has 0 amide bonds. The molecule has 0 bridgehead atoms. The standard InChI is InChI=1S/C13H17F3N2/c14-13(15,16)11-7-6-10(8-17)12(18-11)9-4-2-1-3-5-9/h6-7,9H,1-5,8,17H2. The van der Waals surface area contributed by atoms with E-state index in [1.165, 1.54) is 6.07 Å². The Morgan fingerprint density at radius 1 is 1.17 bits per heavy atom. The fourth-order valence-electron chi connectivity index (χ4n) is 2.56. The molecule has 1 aliphatic rings. The topological polar surface area (TPSA) is 38.9 Å². The van der Waals surface area contributed by atoms with Crippen molar-refractivity contribution in [3.05, 3.63) is 29.1 Å². The van der Waals surface area contributed by atoms with E-state index in [0.29, 0.717) is 5.69 Å². The molecule has 0 aromatic carbocycles. The van der Waals surface area contributed by atoms with Gasteiger partial charge in [-0.25, -0.2) is 4.98 Å². The highest BCUT2D eigenvalue weighted by Crippen LogP contribution is 2.35. The monoisotopic (exact) mass is 258 g/mol. The second-order valence-corrected chi connectivity index (χ2v) is 4.78. The summed E-state index contributed by atoms with van der Waals surface area (Å²) in [5.74, 6) is 0.139. The average molecular weight is 258 g/mol. The summed E-state index contributed by atoms with van der Waals surface area (Å²) in [5, 5.41) is 0. The fraction of sp³-hybridized carbons (Fsp3) is 0.615. The van der Waals surface area contributed by atoms with E-state index in [0.717, 1.165) is 43.7 Å². The molecule has 1 heterocycles. The number of aromatic nitrogens is 1. The molecule has 18 heavy (non-hydrogen) atoms. The number of halogens is 3. The van der Waals surface area contributed by atoms with Crippen LogP contribution in [0.5, 0.6) is 0 Å². The van der Waals surface area contributed by atoms with Gasteiger partial charge in [0.1, 0.15) is 5.69 Å². The molecule has 0 saturated heterocycles. The highest BCUT2D eigenvalue weighted by molar-refractivity contribution is 5.27. The summed E-state index contributed by atoms with van der Waals surface area (Å²) < 4.78 is 38.0. The molecule has 0 radical (unpaired) electrons. The quantitative estimate of drug-likeness (QED) is 0.880. The van der Waals surface area contributed by atoms with Crippen molar-refractivity contribution in [2.24, 2.45) is 5.73 Å². The number of hydrogen-bond donors (Lipinski definition) is 1. The van der Waals surface area contributed by atoms with E-state index in [-0.39, 0.29) is 12.5 Å². The Morgan fingerprint density at radius 2 is 1.83 bits per heavy atom. The molecule has 1 aliphatic carbocycles. The van der Waals surface area contributed by atoms with Gasteiger partial charge in [0.15, 0.2) is 0 Å². The minimum Gasteiger partial charge on any atom is -0.326 e. The lowest BCUT2D eigenvalue weighted by molar-refractivity contribution is -0.141. The first kappa shape index (κ1) is 13.3. The Morgan fingerprint density at radius 3 is 2.39 bits per heavy atom. The average Bonchev–Trinajstić information content (AvgIpc) is 2.38. The third-order valence-electron chi connectivity index (χ3n) is 3.51. The maximum Gasteiger partial charge on any atom is 0.433 e. The number of rotatable bonds is 2. The van der Waals surface area contributed by atoms with Gasteiger partial charge in [0.25, 0.3) is 0 Å². The first-order valence-corrected chi connectivity index (χ1v) is 6.29. The van der Waals surface area contributed by atoms with Crippen molar-refractivity contribution in [3.8, 4) is 0 Å². The molecule has 1 saturated carbocycles. The zero-order chi connectivity index (χ0) is 13.2. The van der Waals surface area contributed by atoms with Crippen molar-refractivity contribution >= 4 is 0 Å². The molecule has 0 atom stereocenters. The maximum atomic E-state index is 12.7. The van der Waals surface area contributed by atoms with Gasteiger partial charge in [0, 0.05) is 18.2 Å². The van der Waals surface area contributed by atoms with E-state index in [1.54, 1.807) is 0 Å². The van der Waals surface area contributed by atoms with E-state index in [1.807, 2.05) is 0 Å². The molecule has 0 aliphatic heterocycles. The molecular formula is C13H17F3N2. The van der Waals surface area contributed by atoms with Gasteiger partial charge in [-0.05, 0) is 24.5 Å². The summed E-state index contributed by atoms with van der Waals surface area (Å²) in [5.41, 5.74) is 6.10. The summed E-state index contributed by atoms with van der Waals surface area (Å²) >= 11 is 0. The van der Waals surface area contributed by atoms with Crippen LogP contribution >= 0.6 is 0 Å². The number of alkyl halides is 3. The summed E-state index contributed by atoms with van der Waals surface area (Å²) in [6.07, 6.45) is 0.742. The van der Waals surface area contributed by atoms with Crippen LogP contribution < -0.4 is 5.73 Å². The van der Waals surface area contributed by atoms with Crippen molar-refractivity contribution in [2.75, 3.05) is 0 Å². The van der Waals surface area contributed by atoms with Crippen LogP contribution in [0.4, 0.5) is 13.2 Å². The van der Waals surface area contributed by atoms with Crippen LogP contribution in [0, 0.1) is 0 Å². The third kappa shape index (κ3) is 2.83.